The van der Waals surface area contributed by atoms with Crippen LogP contribution < -0.4 is 22.1 Å². The summed E-state index contributed by atoms with van der Waals surface area (Å²) in [5.41, 5.74) is 14.3. The topological polar surface area (TPSA) is 136 Å². The number of ketones is 2. The van der Waals surface area contributed by atoms with Crippen molar-refractivity contribution in [1.82, 2.24) is 9.97 Å². The quantitative estimate of drug-likeness (QED) is 0.144. The molecule has 38 heavy (non-hydrogen) atoms. The summed E-state index contributed by atoms with van der Waals surface area (Å²) in [6.07, 6.45) is 0. The molecule has 0 atom stereocenters. The van der Waals surface area contributed by atoms with E-state index in [9.17, 15) is 9.59 Å². The Balaban J connectivity index is 1.30. The number of carbonyl (C=O) groups is 2. The third-order valence-electron chi connectivity index (χ3n) is 5.32. The maximum absolute atomic E-state index is 13.1. The molecule has 0 aliphatic rings. The zero-order valence-corrected chi connectivity index (χ0v) is 22.5. The number of rotatable bonds is 8. The van der Waals surface area contributed by atoms with Gasteiger partial charge in [0.1, 0.15) is 21.4 Å². The fraction of sp³-hybridized carbons (Fsp3) is 0. The third-order valence-corrected chi connectivity index (χ3v) is 7.79. The summed E-state index contributed by atoms with van der Waals surface area (Å²) in [5, 5.41) is 8.39. The minimum Gasteiger partial charge on any atom is -0.382 e. The Morgan fingerprint density at radius 3 is 1.29 bits per heavy atom. The van der Waals surface area contributed by atoms with Gasteiger partial charge in [0.25, 0.3) is 0 Å². The van der Waals surface area contributed by atoms with Gasteiger partial charge >= 0.3 is 0 Å². The molecule has 6 N–H and O–H groups in total. The molecule has 3 aromatic carbocycles. The number of aromatic nitrogens is 2. The predicted molar refractivity (Wildman–Crippen MR) is 156 cm³/mol. The lowest BCUT2D eigenvalue weighted by atomic mass is 10.0. The number of hydrogen-bond acceptors (Lipinski definition) is 10. The van der Waals surface area contributed by atoms with Crippen LogP contribution in [0.2, 0.25) is 10.0 Å². The zero-order valence-electron chi connectivity index (χ0n) is 19.4. The standard InChI is InChI=1S/C26H18Cl2N6O2S2/c27-15-5-9-17(10-6-15)31-25-33-23(29)21(37-25)19(35)13-1-2-14(4-3-13)20(36)22-24(30)34-26(38-22)32-18-11-7-16(28)8-12-18/h1-12H,29-30H2,(H,31,33)(H,32,34). The molecule has 8 nitrogen and oxygen atoms in total. The van der Waals surface area contributed by atoms with Crippen molar-refractivity contribution < 1.29 is 9.59 Å². The van der Waals surface area contributed by atoms with E-state index >= 15 is 0 Å². The van der Waals surface area contributed by atoms with E-state index in [1.165, 1.54) is 0 Å². The van der Waals surface area contributed by atoms with Gasteiger partial charge in [-0.3, -0.25) is 9.59 Å². The molecule has 2 aromatic heterocycles. The van der Waals surface area contributed by atoms with Crippen molar-refractivity contribution >= 4 is 90.7 Å². The van der Waals surface area contributed by atoms with E-state index in [1.807, 2.05) is 0 Å². The molecule has 0 amide bonds. The van der Waals surface area contributed by atoms with Gasteiger partial charge in [-0.15, -0.1) is 0 Å². The smallest absolute Gasteiger partial charge is 0.206 e. The Morgan fingerprint density at radius 1 is 0.605 bits per heavy atom. The molecule has 12 heteroatoms. The number of benzene rings is 3. The fourth-order valence-corrected chi connectivity index (χ4v) is 5.43. The highest BCUT2D eigenvalue weighted by Gasteiger charge is 2.21. The first kappa shape index (κ1) is 25.7. The van der Waals surface area contributed by atoms with Gasteiger partial charge in [0.2, 0.25) is 11.6 Å². The Morgan fingerprint density at radius 2 is 0.947 bits per heavy atom. The second kappa shape index (κ2) is 10.8. The summed E-state index contributed by atoms with van der Waals surface area (Å²) in [4.78, 5) is 35.3. The summed E-state index contributed by atoms with van der Waals surface area (Å²) in [5.74, 6) is -0.352. The maximum atomic E-state index is 13.1. The van der Waals surface area contributed by atoms with Gasteiger partial charge in [-0.1, -0.05) is 70.1 Å². The van der Waals surface area contributed by atoms with E-state index in [2.05, 4.69) is 20.6 Å². The molecule has 0 unspecified atom stereocenters. The molecule has 0 spiro atoms. The van der Waals surface area contributed by atoms with Crippen molar-refractivity contribution in [2.24, 2.45) is 0 Å². The van der Waals surface area contributed by atoms with Crippen LogP contribution in [0.15, 0.2) is 72.8 Å². The Kier molecular flexibility index (Phi) is 7.30. The zero-order chi connectivity index (χ0) is 26.8. The van der Waals surface area contributed by atoms with Gasteiger partial charge in [0, 0.05) is 32.5 Å². The van der Waals surface area contributed by atoms with E-state index in [4.69, 9.17) is 34.7 Å². The molecule has 0 saturated carbocycles. The van der Waals surface area contributed by atoms with Gasteiger partial charge in [-0.2, -0.15) is 0 Å². The van der Waals surface area contributed by atoms with Gasteiger partial charge in [-0.05, 0) is 48.5 Å². The second-order valence-electron chi connectivity index (χ2n) is 7.97. The number of nitrogen functional groups attached to an aromatic ring is 2. The van der Waals surface area contributed by atoms with Crippen LogP contribution in [0.3, 0.4) is 0 Å². The van der Waals surface area contributed by atoms with Crippen LogP contribution in [0.1, 0.15) is 30.5 Å². The summed E-state index contributed by atoms with van der Waals surface area (Å²) in [6.45, 7) is 0. The van der Waals surface area contributed by atoms with Gasteiger partial charge < -0.3 is 22.1 Å². The number of nitrogens with zero attached hydrogens (tertiary/aromatic N) is 2. The van der Waals surface area contributed by atoms with Crippen molar-refractivity contribution in [1.29, 1.82) is 0 Å². The Hall–Kier alpha value is -3.96. The normalized spacial score (nSPS) is 10.8. The van der Waals surface area contributed by atoms with Crippen LogP contribution in [0.25, 0.3) is 0 Å². The fourth-order valence-electron chi connectivity index (χ4n) is 3.44. The number of thiazole rings is 2. The highest BCUT2D eigenvalue weighted by atomic mass is 35.5. The van der Waals surface area contributed by atoms with Crippen molar-refractivity contribution in [2.45, 2.75) is 0 Å². The monoisotopic (exact) mass is 580 g/mol. The van der Waals surface area contributed by atoms with Crippen LogP contribution in [-0.4, -0.2) is 21.5 Å². The summed E-state index contributed by atoms with van der Waals surface area (Å²) in [7, 11) is 0. The number of hydrogen-bond donors (Lipinski definition) is 4. The summed E-state index contributed by atoms with van der Waals surface area (Å²) in [6, 6.07) is 20.5. The molecule has 5 aromatic rings. The molecule has 0 radical (unpaired) electrons. The van der Waals surface area contributed by atoms with Crippen LogP contribution in [0.4, 0.5) is 33.3 Å². The van der Waals surface area contributed by atoms with E-state index < -0.39 is 0 Å². The molecule has 190 valence electrons. The maximum Gasteiger partial charge on any atom is 0.206 e. The number of anilines is 6. The molecule has 0 fully saturated rings. The second-order valence-corrected chi connectivity index (χ2v) is 10.8. The summed E-state index contributed by atoms with van der Waals surface area (Å²) >= 11 is 14.1. The van der Waals surface area contributed by atoms with Crippen LogP contribution in [0, 0.1) is 0 Å². The van der Waals surface area contributed by atoms with E-state index in [1.54, 1.807) is 72.8 Å². The van der Waals surface area contributed by atoms with E-state index in [-0.39, 0.29) is 23.2 Å². The number of carbonyl (C=O) groups excluding carboxylic acids is 2. The average Bonchev–Trinajstić information content (AvgIpc) is 3.47. The molecular formula is C26H18Cl2N6O2S2. The van der Waals surface area contributed by atoms with Crippen molar-refractivity contribution in [3.8, 4) is 0 Å². The van der Waals surface area contributed by atoms with Crippen molar-refractivity contribution in [3.63, 3.8) is 0 Å². The lowest BCUT2D eigenvalue weighted by Crippen LogP contribution is -2.05. The summed E-state index contributed by atoms with van der Waals surface area (Å²) < 4.78 is 0. The van der Waals surface area contributed by atoms with Crippen LogP contribution in [-0.2, 0) is 0 Å². The molecule has 0 aliphatic carbocycles. The minimum absolute atomic E-state index is 0.120. The largest absolute Gasteiger partial charge is 0.382 e. The molecule has 0 aliphatic heterocycles. The first-order valence-corrected chi connectivity index (χ1v) is 13.4. The highest BCUT2D eigenvalue weighted by Crippen LogP contribution is 2.32. The molecule has 5 rings (SSSR count). The van der Waals surface area contributed by atoms with E-state index in [0.29, 0.717) is 41.2 Å². The number of nitrogens with two attached hydrogens (primary N) is 2. The molecule has 0 saturated heterocycles. The van der Waals surface area contributed by atoms with Crippen LogP contribution in [0.5, 0.6) is 0 Å². The van der Waals surface area contributed by atoms with Gasteiger partial charge in [-0.25, -0.2) is 9.97 Å². The molecule has 2 heterocycles. The van der Waals surface area contributed by atoms with E-state index in [0.717, 1.165) is 34.0 Å². The van der Waals surface area contributed by atoms with Crippen molar-refractivity contribution in [3.05, 3.63) is 104 Å². The van der Waals surface area contributed by atoms with Crippen molar-refractivity contribution in [2.75, 3.05) is 22.1 Å². The lowest BCUT2D eigenvalue weighted by molar-refractivity contribution is 0.103. The molecular weight excluding hydrogens is 563 g/mol. The minimum atomic E-state index is -0.296. The van der Waals surface area contributed by atoms with Gasteiger partial charge in [0.15, 0.2) is 10.3 Å². The Bertz CT molecular complexity index is 1510. The first-order chi connectivity index (χ1) is 18.3. The third kappa shape index (κ3) is 5.63. The number of halogens is 2. The molecule has 0 bridgehead atoms. The first-order valence-electron chi connectivity index (χ1n) is 11.0. The number of nitrogens with one attached hydrogen (secondary N) is 2. The SMILES string of the molecule is Nc1nc(Nc2ccc(Cl)cc2)sc1C(=O)c1ccc(C(=O)c2sc(Nc3ccc(Cl)cc3)nc2N)cc1. The lowest BCUT2D eigenvalue weighted by Gasteiger charge is -2.03. The predicted octanol–water partition coefficient (Wildman–Crippen LogP) is 7.02. The van der Waals surface area contributed by atoms with Crippen LogP contribution >= 0.6 is 45.9 Å². The highest BCUT2D eigenvalue weighted by molar-refractivity contribution is 7.18. The Labute approximate surface area is 235 Å². The average molecular weight is 582 g/mol. The van der Waals surface area contributed by atoms with Gasteiger partial charge in [0.05, 0.1) is 0 Å².